The average Bonchev–Trinajstić information content (AvgIpc) is 2.42. The van der Waals surface area contributed by atoms with Crippen molar-refractivity contribution in [3.05, 3.63) is 36.9 Å². The van der Waals surface area contributed by atoms with E-state index >= 15 is 0 Å². The Morgan fingerprint density at radius 1 is 1.24 bits per heavy atom. The average molecular weight is 289 g/mol. The summed E-state index contributed by atoms with van der Waals surface area (Å²) in [6.45, 7) is 9.72. The Bertz CT molecular complexity index is 518. The zero-order valence-electron chi connectivity index (χ0n) is 12.8. The summed E-state index contributed by atoms with van der Waals surface area (Å²) in [6, 6.07) is 7.27. The second-order valence-corrected chi connectivity index (χ2v) is 5.73. The smallest absolute Gasteiger partial charge is 0.239 e. The van der Waals surface area contributed by atoms with Gasteiger partial charge in [0, 0.05) is 23.3 Å². The lowest BCUT2D eigenvalue weighted by Gasteiger charge is -2.18. The number of anilines is 2. The first-order valence-corrected chi connectivity index (χ1v) is 6.86. The van der Waals surface area contributed by atoms with Gasteiger partial charge in [-0.1, -0.05) is 32.9 Å². The van der Waals surface area contributed by atoms with Crippen LogP contribution >= 0.6 is 0 Å². The maximum atomic E-state index is 11.9. The Kier molecular flexibility index (Phi) is 5.96. The van der Waals surface area contributed by atoms with Crippen LogP contribution in [0.25, 0.3) is 0 Å². The molecule has 3 N–H and O–H groups in total. The zero-order valence-corrected chi connectivity index (χ0v) is 12.8. The van der Waals surface area contributed by atoms with Crippen LogP contribution in [0.3, 0.4) is 0 Å². The molecule has 0 unspecified atom stereocenters. The molecule has 0 atom stereocenters. The van der Waals surface area contributed by atoms with Crippen molar-refractivity contribution in [2.75, 3.05) is 23.7 Å². The summed E-state index contributed by atoms with van der Waals surface area (Å²) < 4.78 is 0. The first-order valence-electron chi connectivity index (χ1n) is 6.86. The molecule has 5 heteroatoms. The summed E-state index contributed by atoms with van der Waals surface area (Å²) in [6.07, 6.45) is 1.63. The monoisotopic (exact) mass is 289 g/mol. The fourth-order valence-corrected chi connectivity index (χ4v) is 1.46. The maximum absolute atomic E-state index is 11.9. The van der Waals surface area contributed by atoms with Crippen molar-refractivity contribution in [2.24, 2.45) is 5.41 Å². The van der Waals surface area contributed by atoms with Crippen molar-refractivity contribution < 1.29 is 9.59 Å². The SMILES string of the molecule is C=CCNC(=O)CNc1cccc(NC(=O)C(C)(C)C)c1. The quantitative estimate of drug-likeness (QED) is 0.704. The van der Waals surface area contributed by atoms with Gasteiger partial charge in [-0.05, 0) is 18.2 Å². The van der Waals surface area contributed by atoms with Gasteiger partial charge >= 0.3 is 0 Å². The minimum atomic E-state index is -0.450. The minimum Gasteiger partial charge on any atom is -0.376 e. The topological polar surface area (TPSA) is 70.2 Å². The fraction of sp³-hybridized carbons (Fsp3) is 0.375. The molecule has 2 amide bonds. The van der Waals surface area contributed by atoms with E-state index in [1.807, 2.05) is 39.0 Å². The van der Waals surface area contributed by atoms with Crippen LogP contribution in [0.2, 0.25) is 0 Å². The van der Waals surface area contributed by atoms with Crippen LogP contribution in [-0.4, -0.2) is 24.9 Å². The van der Waals surface area contributed by atoms with Crippen molar-refractivity contribution >= 4 is 23.2 Å². The first-order chi connectivity index (χ1) is 9.82. The summed E-state index contributed by atoms with van der Waals surface area (Å²) >= 11 is 0. The summed E-state index contributed by atoms with van der Waals surface area (Å²) in [5.74, 6) is -0.164. The summed E-state index contributed by atoms with van der Waals surface area (Å²) in [4.78, 5) is 23.4. The number of rotatable bonds is 6. The Morgan fingerprint density at radius 2 is 1.90 bits per heavy atom. The Morgan fingerprint density at radius 3 is 2.52 bits per heavy atom. The van der Waals surface area contributed by atoms with Crippen molar-refractivity contribution in [2.45, 2.75) is 20.8 Å². The van der Waals surface area contributed by atoms with Crippen molar-refractivity contribution in [3.8, 4) is 0 Å². The highest BCUT2D eigenvalue weighted by Gasteiger charge is 2.21. The van der Waals surface area contributed by atoms with Gasteiger partial charge in [-0.25, -0.2) is 0 Å². The zero-order chi connectivity index (χ0) is 15.9. The molecule has 0 aliphatic heterocycles. The lowest BCUT2D eigenvalue weighted by Crippen LogP contribution is -2.30. The van der Waals surface area contributed by atoms with Crippen LogP contribution in [0.4, 0.5) is 11.4 Å². The normalized spacial score (nSPS) is 10.6. The molecule has 0 fully saturated rings. The Balaban J connectivity index is 2.58. The van der Waals surface area contributed by atoms with E-state index in [2.05, 4.69) is 22.5 Å². The molecule has 0 saturated carbocycles. The number of nitrogens with one attached hydrogen (secondary N) is 3. The van der Waals surface area contributed by atoms with Crippen molar-refractivity contribution in [1.29, 1.82) is 0 Å². The van der Waals surface area contributed by atoms with Gasteiger partial charge in [0.2, 0.25) is 11.8 Å². The van der Waals surface area contributed by atoms with E-state index in [0.29, 0.717) is 12.2 Å². The third-order valence-corrected chi connectivity index (χ3v) is 2.70. The van der Waals surface area contributed by atoms with E-state index in [4.69, 9.17) is 0 Å². The van der Waals surface area contributed by atoms with Crippen LogP contribution in [0.1, 0.15) is 20.8 Å². The van der Waals surface area contributed by atoms with Crippen LogP contribution in [-0.2, 0) is 9.59 Å². The number of hydrogen-bond acceptors (Lipinski definition) is 3. The second kappa shape index (κ2) is 7.47. The lowest BCUT2D eigenvalue weighted by atomic mass is 9.95. The molecule has 0 aliphatic carbocycles. The molecule has 114 valence electrons. The molecule has 5 nitrogen and oxygen atoms in total. The predicted octanol–water partition coefficient (Wildman–Crippen LogP) is 2.39. The summed E-state index contributed by atoms with van der Waals surface area (Å²) in [7, 11) is 0. The van der Waals surface area contributed by atoms with Gasteiger partial charge in [-0.2, -0.15) is 0 Å². The summed E-state index contributed by atoms with van der Waals surface area (Å²) in [5.41, 5.74) is 1.02. The van der Waals surface area contributed by atoms with Crippen LogP contribution in [0.15, 0.2) is 36.9 Å². The number of amides is 2. The van der Waals surface area contributed by atoms with Gasteiger partial charge in [0.15, 0.2) is 0 Å². The Hall–Kier alpha value is -2.30. The number of carbonyl (C=O) groups is 2. The third-order valence-electron chi connectivity index (χ3n) is 2.70. The van der Waals surface area contributed by atoms with Crippen molar-refractivity contribution in [3.63, 3.8) is 0 Å². The predicted molar refractivity (Wildman–Crippen MR) is 86.2 cm³/mol. The van der Waals surface area contributed by atoms with E-state index in [1.165, 1.54) is 0 Å². The third kappa shape index (κ3) is 6.12. The highest BCUT2D eigenvalue weighted by atomic mass is 16.2. The fourth-order valence-electron chi connectivity index (χ4n) is 1.46. The largest absolute Gasteiger partial charge is 0.376 e. The van der Waals surface area contributed by atoms with Gasteiger partial charge in [-0.15, -0.1) is 6.58 Å². The van der Waals surface area contributed by atoms with Gasteiger partial charge in [0.25, 0.3) is 0 Å². The Labute approximate surface area is 125 Å². The van der Waals surface area contributed by atoms with E-state index < -0.39 is 5.41 Å². The number of hydrogen-bond donors (Lipinski definition) is 3. The summed E-state index contributed by atoms with van der Waals surface area (Å²) in [5, 5.41) is 8.54. The van der Waals surface area contributed by atoms with Crippen LogP contribution < -0.4 is 16.0 Å². The van der Waals surface area contributed by atoms with E-state index in [9.17, 15) is 9.59 Å². The van der Waals surface area contributed by atoms with E-state index in [-0.39, 0.29) is 18.4 Å². The van der Waals surface area contributed by atoms with Gasteiger partial charge in [-0.3, -0.25) is 9.59 Å². The molecule has 0 spiro atoms. The molecular weight excluding hydrogens is 266 g/mol. The molecular formula is C16H23N3O2. The standard InChI is InChI=1S/C16H23N3O2/c1-5-9-17-14(20)11-18-12-7-6-8-13(10-12)19-15(21)16(2,3)4/h5-8,10,18H,1,9,11H2,2-4H3,(H,17,20)(H,19,21). The highest BCUT2D eigenvalue weighted by Crippen LogP contribution is 2.19. The second-order valence-electron chi connectivity index (χ2n) is 5.73. The molecule has 1 aromatic rings. The van der Waals surface area contributed by atoms with Gasteiger partial charge < -0.3 is 16.0 Å². The van der Waals surface area contributed by atoms with Crippen LogP contribution in [0.5, 0.6) is 0 Å². The number of benzene rings is 1. The highest BCUT2D eigenvalue weighted by molar-refractivity contribution is 5.95. The molecule has 0 aliphatic rings. The molecule has 0 bridgehead atoms. The van der Waals surface area contributed by atoms with Crippen molar-refractivity contribution in [1.82, 2.24) is 5.32 Å². The van der Waals surface area contributed by atoms with E-state index in [0.717, 1.165) is 5.69 Å². The van der Waals surface area contributed by atoms with Gasteiger partial charge in [0.1, 0.15) is 0 Å². The molecule has 1 rings (SSSR count). The first kappa shape index (κ1) is 16.8. The molecule has 0 radical (unpaired) electrons. The van der Waals surface area contributed by atoms with Gasteiger partial charge in [0.05, 0.1) is 6.54 Å². The van der Waals surface area contributed by atoms with Crippen LogP contribution in [0, 0.1) is 5.41 Å². The molecule has 0 heterocycles. The lowest BCUT2D eigenvalue weighted by molar-refractivity contribution is -0.123. The molecule has 0 aromatic heterocycles. The molecule has 21 heavy (non-hydrogen) atoms. The number of carbonyl (C=O) groups excluding carboxylic acids is 2. The molecule has 1 aromatic carbocycles. The minimum absolute atomic E-state index is 0.0524. The van der Waals surface area contributed by atoms with E-state index in [1.54, 1.807) is 12.1 Å². The molecule has 0 saturated heterocycles. The maximum Gasteiger partial charge on any atom is 0.239 e.